The summed E-state index contributed by atoms with van der Waals surface area (Å²) in [5.74, 6) is -6.30. The zero-order valence-electron chi connectivity index (χ0n) is 10.3. The molecule has 0 amide bonds. The van der Waals surface area contributed by atoms with Crippen molar-refractivity contribution in [2.24, 2.45) is 0 Å². The Hall–Kier alpha value is -1.24. The molecule has 2 unspecified atom stereocenters. The summed E-state index contributed by atoms with van der Waals surface area (Å²) in [4.78, 5) is 44.8. The maximum absolute atomic E-state index is 9.97. The summed E-state index contributed by atoms with van der Waals surface area (Å²) in [6.45, 7) is 0. The summed E-state index contributed by atoms with van der Waals surface area (Å²) in [5, 5.41) is 54.5. The van der Waals surface area contributed by atoms with Crippen LogP contribution in [-0.4, -0.2) is 46.3 Å². The Kier molecular flexibility index (Phi) is 21.2. The number of aliphatic hydroxyl groups is 2. The number of carbonyl (C=O) groups excluding carboxylic acids is 4. The van der Waals surface area contributed by atoms with Gasteiger partial charge in [0.05, 0.1) is 0 Å². The minimum atomic E-state index is -1.93. The predicted octanol–water partition coefficient (Wildman–Crippen LogP) is -7.39. The maximum atomic E-state index is 9.97. The Morgan fingerprint density at radius 1 is 0.773 bits per heavy atom. The van der Waals surface area contributed by atoms with Crippen molar-refractivity contribution < 1.29 is 94.0 Å². The number of carbonyl (C=O) groups is 4. The number of hydrogen-bond acceptors (Lipinski definition) is 12. The number of carboxylic acids is 2. The summed E-state index contributed by atoms with van der Waals surface area (Å²) < 4.78 is 0. The van der Waals surface area contributed by atoms with Gasteiger partial charge < -0.3 is 50.3 Å². The molecular formula is C8H8Mn2O12. The number of hydrogen-bond donors (Lipinski definition) is 2. The molecule has 12 nitrogen and oxygen atoms in total. The molecule has 0 aromatic heterocycles. The third-order valence-corrected chi connectivity index (χ3v) is 1.43. The first-order valence-electron chi connectivity index (χ1n) is 4.58. The molecule has 0 aromatic carbocycles. The maximum Gasteiger partial charge on any atom is 2.00 e. The van der Waals surface area contributed by atoms with Crippen molar-refractivity contribution in [1.82, 2.24) is 0 Å². The zero-order chi connectivity index (χ0) is 16.3. The number of aliphatic hydroxyl groups excluding tert-OH is 2. The molecule has 2 N–H and O–H groups in total. The van der Waals surface area contributed by atoms with E-state index < -0.39 is 48.9 Å². The van der Waals surface area contributed by atoms with Crippen molar-refractivity contribution in [1.29, 1.82) is 0 Å². The average molecular weight is 406 g/mol. The first kappa shape index (κ1) is 28.9. The van der Waals surface area contributed by atoms with Crippen molar-refractivity contribution >= 4 is 23.9 Å². The molecule has 0 bridgehead atoms. The average Bonchev–Trinajstić information content (AvgIpc) is 2.35. The third kappa shape index (κ3) is 16.8. The van der Waals surface area contributed by atoms with E-state index in [0.29, 0.717) is 0 Å². The van der Waals surface area contributed by atoms with Crippen LogP contribution in [0, 0.1) is 0 Å². The Labute approximate surface area is 143 Å². The summed E-state index contributed by atoms with van der Waals surface area (Å²) in [5.41, 5.74) is 0. The van der Waals surface area contributed by atoms with Crippen molar-refractivity contribution in [2.75, 3.05) is 0 Å². The van der Waals surface area contributed by atoms with Crippen molar-refractivity contribution in [3.05, 3.63) is 0 Å². The molecule has 0 spiro atoms. The Morgan fingerprint density at radius 3 is 1.14 bits per heavy atom. The third-order valence-electron chi connectivity index (χ3n) is 1.43. The number of rotatable bonds is 6. The fourth-order valence-electron chi connectivity index (χ4n) is 0.593. The van der Waals surface area contributed by atoms with E-state index in [1.807, 2.05) is 0 Å². The summed E-state index contributed by atoms with van der Waals surface area (Å²) in [7, 11) is 0. The number of aliphatic carboxylic acids is 2. The molecule has 14 heteroatoms. The monoisotopic (exact) mass is 406 g/mol. The van der Waals surface area contributed by atoms with Gasteiger partial charge >= 0.3 is 46.1 Å². The molecule has 22 heavy (non-hydrogen) atoms. The second-order valence-electron chi connectivity index (χ2n) is 2.99. The van der Waals surface area contributed by atoms with Crippen LogP contribution in [0.2, 0.25) is 0 Å². The van der Waals surface area contributed by atoms with E-state index in [9.17, 15) is 39.9 Å². The van der Waals surface area contributed by atoms with E-state index in [0.717, 1.165) is 0 Å². The van der Waals surface area contributed by atoms with Crippen LogP contribution in [0.5, 0.6) is 0 Å². The first-order chi connectivity index (χ1) is 9.15. The smallest absolute Gasteiger partial charge is 0.662 e. The van der Waals surface area contributed by atoms with Crippen LogP contribution in [0.3, 0.4) is 0 Å². The molecule has 0 aliphatic carbocycles. The summed E-state index contributed by atoms with van der Waals surface area (Å²) in [6, 6.07) is 0. The van der Waals surface area contributed by atoms with Gasteiger partial charge in [0.2, 0.25) is 0 Å². The zero-order valence-corrected chi connectivity index (χ0v) is 12.7. The van der Waals surface area contributed by atoms with E-state index in [-0.39, 0.29) is 34.1 Å². The van der Waals surface area contributed by atoms with E-state index in [4.69, 9.17) is 10.2 Å². The summed E-state index contributed by atoms with van der Waals surface area (Å²) >= 11 is 0. The molecule has 0 aromatic rings. The SMILES string of the molecule is O=C([O-])CC(O)C(=O)O[O-].O=C([O-])CC(O)C(=O)O[O-].[Mn+2].[Mn+2]. The van der Waals surface area contributed by atoms with Crippen LogP contribution in [0.1, 0.15) is 12.8 Å². The van der Waals surface area contributed by atoms with Crippen molar-refractivity contribution in [2.45, 2.75) is 25.0 Å². The van der Waals surface area contributed by atoms with Gasteiger partial charge in [-0.2, -0.15) is 0 Å². The molecule has 2 radical (unpaired) electrons. The van der Waals surface area contributed by atoms with Gasteiger partial charge in [-0.05, 0) is 0 Å². The predicted molar refractivity (Wildman–Crippen MR) is 43.4 cm³/mol. The molecule has 2 atom stereocenters. The van der Waals surface area contributed by atoms with Gasteiger partial charge in [-0.1, -0.05) is 0 Å². The largest absolute Gasteiger partial charge is 2.00 e. The molecule has 0 rings (SSSR count). The fraction of sp³-hybridized carbons (Fsp3) is 0.500. The van der Waals surface area contributed by atoms with Crippen LogP contribution >= 0.6 is 0 Å². The standard InChI is InChI=1S/2C4H6O6.2Mn/c2*5-2(1-3(6)7)4(8)10-9;;/h2*2,5,9H,1H2,(H,6,7);;/q;;2*+2/p-4. The molecule has 0 saturated carbocycles. The minimum absolute atomic E-state index is 0. The Bertz CT molecular complexity index is 325. The molecule has 0 fully saturated rings. The second-order valence-corrected chi connectivity index (χ2v) is 2.99. The van der Waals surface area contributed by atoms with Gasteiger partial charge in [0, 0.05) is 24.8 Å². The van der Waals surface area contributed by atoms with Crippen LogP contribution in [0.4, 0.5) is 0 Å². The van der Waals surface area contributed by atoms with Crippen molar-refractivity contribution in [3.63, 3.8) is 0 Å². The minimum Gasteiger partial charge on any atom is -0.662 e. The molecule has 0 saturated heterocycles. The van der Waals surface area contributed by atoms with E-state index >= 15 is 0 Å². The molecule has 0 aliphatic heterocycles. The fourth-order valence-corrected chi connectivity index (χ4v) is 0.593. The summed E-state index contributed by atoms with van der Waals surface area (Å²) in [6.07, 6.45) is -5.72. The van der Waals surface area contributed by atoms with Crippen molar-refractivity contribution in [3.8, 4) is 0 Å². The van der Waals surface area contributed by atoms with E-state index in [1.54, 1.807) is 0 Å². The van der Waals surface area contributed by atoms with E-state index in [2.05, 4.69) is 9.78 Å². The van der Waals surface area contributed by atoms with Crippen LogP contribution < -0.4 is 20.7 Å². The topological polar surface area (TPSA) is 219 Å². The molecule has 126 valence electrons. The number of carboxylic acid groups (broad SMARTS) is 2. The van der Waals surface area contributed by atoms with Gasteiger partial charge in [0.1, 0.15) is 0 Å². The van der Waals surface area contributed by atoms with Gasteiger partial charge in [-0.3, -0.25) is 0 Å². The van der Waals surface area contributed by atoms with Crippen LogP contribution in [0.25, 0.3) is 0 Å². The van der Waals surface area contributed by atoms with Gasteiger partial charge in [-0.15, -0.1) is 0 Å². The van der Waals surface area contributed by atoms with E-state index in [1.165, 1.54) is 0 Å². The second kappa shape index (κ2) is 16.1. The van der Waals surface area contributed by atoms with Gasteiger partial charge in [0.25, 0.3) is 0 Å². The molecule has 0 heterocycles. The Morgan fingerprint density at radius 2 is 1.00 bits per heavy atom. The quantitative estimate of drug-likeness (QED) is 0.239. The normalized spacial score (nSPS) is 11.1. The molecule has 0 aliphatic rings. The van der Waals surface area contributed by atoms with Gasteiger partial charge in [0.15, 0.2) is 12.2 Å². The van der Waals surface area contributed by atoms with Crippen LogP contribution in [-0.2, 0) is 63.1 Å². The van der Waals surface area contributed by atoms with Crippen LogP contribution in [0.15, 0.2) is 0 Å². The Balaban J connectivity index is -0.000000135. The molecular weight excluding hydrogens is 398 g/mol. The first-order valence-corrected chi connectivity index (χ1v) is 4.58. The van der Waals surface area contributed by atoms with Gasteiger partial charge in [-0.25, -0.2) is 9.59 Å².